The Morgan fingerprint density at radius 1 is 1.00 bits per heavy atom. The maximum Gasteiger partial charge on any atom is 0.00669 e. The standard InChI is InChI=1S/C5H18Si3.ClH/c6-3-1-5(8)2-4-7;/h5H,1-4H2,6-8H3;1H. The molecular weight excluding hydrogens is 180 g/mol. The van der Waals surface area contributed by atoms with Gasteiger partial charge in [-0.2, -0.15) is 0 Å². The monoisotopic (exact) mass is 198 g/mol. The minimum absolute atomic E-state index is 0. The van der Waals surface area contributed by atoms with Crippen LogP contribution in [0.3, 0.4) is 0 Å². The Hall–Kier alpha value is 0.941. The molecule has 0 radical (unpaired) electrons. The van der Waals surface area contributed by atoms with Gasteiger partial charge in [-0.15, -0.1) is 12.4 Å². The second-order valence-corrected chi connectivity index (χ2v) is 6.32. The average molecular weight is 199 g/mol. The molecule has 58 valence electrons. The van der Waals surface area contributed by atoms with E-state index >= 15 is 0 Å². The van der Waals surface area contributed by atoms with Gasteiger partial charge in [0, 0.05) is 30.7 Å². The first-order valence-electron chi connectivity index (χ1n) is 3.81. The van der Waals surface area contributed by atoms with E-state index in [-0.39, 0.29) is 12.4 Å². The molecule has 0 aliphatic heterocycles. The van der Waals surface area contributed by atoms with Crippen LogP contribution in [0.15, 0.2) is 0 Å². The molecule has 0 saturated heterocycles. The van der Waals surface area contributed by atoms with Crippen LogP contribution in [0, 0.1) is 0 Å². The lowest BCUT2D eigenvalue weighted by molar-refractivity contribution is 0.767. The van der Waals surface area contributed by atoms with Crippen molar-refractivity contribution in [1.29, 1.82) is 0 Å². The average Bonchev–Trinajstić information content (AvgIpc) is 1.68. The summed E-state index contributed by atoms with van der Waals surface area (Å²) in [6, 6.07) is 3.07. The van der Waals surface area contributed by atoms with Crippen LogP contribution in [0.4, 0.5) is 0 Å². The zero-order valence-corrected chi connectivity index (χ0v) is 13.6. The molecule has 0 aromatic heterocycles. The van der Waals surface area contributed by atoms with Crippen molar-refractivity contribution in [3.05, 3.63) is 0 Å². The minimum atomic E-state index is 0. The van der Waals surface area contributed by atoms with Crippen molar-refractivity contribution in [1.82, 2.24) is 0 Å². The zero-order chi connectivity index (χ0) is 6.41. The van der Waals surface area contributed by atoms with Gasteiger partial charge in [-0.05, 0) is 0 Å². The molecule has 0 spiro atoms. The molecule has 0 fully saturated rings. The van der Waals surface area contributed by atoms with Crippen LogP contribution in [0.2, 0.25) is 17.6 Å². The first-order chi connectivity index (χ1) is 3.81. The fourth-order valence-electron chi connectivity index (χ4n) is 1.13. The van der Waals surface area contributed by atoms with E-state index in [4.69, 9.17) is 0 Å². The summed E-state index contributed by atoms with van der Waals surface area (Å²) in [7, 11) is 4.31. The fraction of sp³-hybridized carbons (Fsp3) is 1.00. The third-order valence-electron chi connectivity index (χ3n) is 1.56. The van der Waals surface area contributed by atoms with Gasteiger partial charge in [-0.3, -0.25) is 0 Å². The number of hydrogen-bond acceptors (Lipinski definition) is 0. The normalized spacial score (nSPS) is 13.3. The second-order valence-electron chi connectivity index (χ2n) is 2.68. The Bertz CT molecular complexity index is 45.5. The molecule has 0 aromatic carbocycles. The van der Waals surface area contributed by atoms with Crippen LogP contribution in [0.25, 0.3) is 0 Å². The van der Waals surface area contributed by atoms with Crippen LogP contribution in [-0.2, 0) is 0 Å². The lowest BCUT2D eigenvalue weighted by Crippen LogP contribution is -1.90. The summed E-state index contributed by atoms with van der Waals surface area (Å²) in [4.78, 5) is 0. The highest BCUT2D eigenvalue weighted by molar-refractivity contribution is 6.14. The SMILES string of the molecule is Cl.[SiH3]CCC([SiH3])CC[SiH3]. The van der Waals surface area contributed by atoms with Gasteiger partial charge in [0.2, 0.25) is 0 Å². The largest absolute Gasteiger partial charge is 0.147 e. The molecule has 0 amide bonds. The van der Waals surface area contributed by atoms with Gasteiger partial charge in [0.25, 0.3) is 0 Å². The first-order valence-corrected chi connectivity index (χ1v) is 7.79. The third-order valence-corrected chi connectivity index (χ3v) is 3.87. The van der Waals surface area contributed by atoms with Crippen molar-refractivity contribution in [2.24, 2.45) is 0 Å². The highest BCUT2D eigenvalue weighted by Crippen LogP contribution is 2.13. The van der Waals surface area contributed by atoms with Crippen molar-refractivity contribution in [2.75, 3.05) is 0 Å². The van der Waals surface area contributed by atoms with Crippen LogP contribution in [-0.4, -0.2) is 30.7 Å². The van der Waals surface area contributed by atoms with Crippen LogP contribution >= 0.6 is 12.4 Å². The molecule has 0 bridgehead atoms. The molecule has 0 nitrogen and oxygen atoms in total. The molecular formula is C5H19ClSi3. The summed E-state index contributed by atoms with van der Waals surface area (Å²) < 4.78 is 0. The molecule has 9 heavy (non-hydrogen) atoms. The lowest BCUT2D eigenvalue weighted by Gasteiger charge is -2.05. The summed E-state index contributed by atoms with van der Waals surface area (Å²) in [6.07, 6.45) is 3.11. The van der Waals surface area contributed by atoms with Gasteiger partial charge in [-0.1, -0.05) is 30.5 Å². The van der Waals surface area contributed by atoms with E-state index in [1.807, 2.05) is 0 Å². The fourth-order valence-corrected chi connectivity index (χ4v) is 6.57. The maximum atomic E-state index is 1.56. The van der Waals surface area contributed by atoms with Gasteiger partial charge in [0.15, 0.2) is 0 Å². The van der Waals surface area contributed by atoms with Gasteiger partial charge in [0.1, 0.15) is 0 Å². The van der Waals surface area contributed by atoms with E-state index in [2.05, 4.69) is 0 Å². The molecule has 0 aliphatic rings. The molecule has 0 saturated carbocycles. The number of hydrogen-bond donors (Lipinski definition) is 0. The predicted octanol–water partition coefficient (Wildman–Crippen LogP) is -1.09. The van der Waals surface area contributed by atoms with Crippen molar-refractivity contribution in [3.63, 3.8) is 0 Å². The Balaban J connectivity index is 0. The summed E-state index contributed by atoms with van der Waals surface area (Å²) in [5.41, 5.74) is 1.17. The zero-order valence-electron chi connectivity index (χ0n) is 6.81. The molecule has 0 aliphatic carbocycles. The Kier molecular flexibility index (Phi) is 12.5. The van der Waals surface area contributed by atoms with Crippen LogP contribution in [0.5, 0.6) is 0 Å². The smallest absolute Gasteiger partial charge is 0.00669 e. The third kappa shape index (κ3) is 8.94. The Labute approximate surface area is 73.9 Å². The predicted molar refractivity (Wildman–Crippen MR) is 59.7 cm³/mol. The van der Waals surface area contributed by atoms with Gasteiger partial charge < -0.3 is 0 Å². The quantitative estimate of drug-likeness (QED) is 0.504. The van der Waals surface area contributed by atoms with Gasteiger partial charge in [0.05, 0.1) is 0 Å². The van der Waals surface area contributed by atoms with Crippen molar-refractivity contribution in [2.45, 2.75) is 30.5 Å². The summed E-state index contributed by atoms with van der Waals surface area (Å²) in [5, 5.41) is 0. The van der Waals surface area contributed by atoms with E-state index in [1.54, 1.807) is 12.8 Å². The van der Waals surface area contributed by atoms with Gasteiger partial charge in [-0.25, -0.2) is 0 Å². The molecule has 0 heterocycles. The van der Waals surface area contributed by atoms with Crippen molar-refractivity contribution < 1.29 is 0 Å². The summed E-state index contributed by atoms with van der Waals surface area (Å²) in [6.45, 7) is 0. The number of halogens is 1. The van der Waals surface area contributed by atoms with Crippen molar-refractivity contribution in [3.8, 4) is 0 Å². The molecule has 0 atom stereocenters. The molecule has 0 aromatic rings. The van der Waals surface area contributed by atoms with Gasteiger partial charge >= 0.3 is 0 Å². The second kappa shape index (κ2) is 8.94. The van der Waals surface area contributed by atoms with E-state index < -0.39 is 0 Å². The van der Waals surface area contributed by atoms with E-state index in [1.165, 1.54) is 48.4 Å². The maximum absolute atomic E-state index is 1.56. The molecule has 4 heteroatoms. The van der Waals surface area contributed by atoms with Crippen LogP contribution < -0.4 is 0 Å². The minimum Gasteiger partial charge on any atom is -0.147 e. The van der Waals surface area contributed by atoms with Crippen molar-refractivity contribution >= 4 is 43.1 Å². The highest BCUT2D eigenvalue weighted by Gasteiger charge is 1.95. The number of rotatable bonds is 4. The lowest BCUT2D eigenvalue weighted by atomic mass is 10.3. The van der Waals surface area contributed by atoms with E-state index in [0.29, 0.717) is 0 Å². The molecule has 0 unspecified atom stereocenters. The molecule has 0 rings (SSSR count). The topological polar surface area (TPSA) is 0 Å². The first kappa shape index (κ1) is 12.6. The van der Waals surface area contributed by atoms with E-state index in [0.717, 1.165) is 0 Å². The molecule has 0 N–H and O–H groups in total. The summed E-state index contributed by atoms with van der Waals surface area (Å²) in [5.74, 6) is 0. The van der Waals surface area contributed by atoms with Crippen LogP contribution in [0.1, 0.15) is 12.8 Å². The van der Waals surface area contributed by atoms with E-state index in [9.17, 15) is 0 Å². The Morgan fingerprint density at radius 2 is 1.33 bits per heavy atom. The highest BCUT2D eigenvalue weighted by atomic mass is 35.5. The Morgan fingerprint density at radius 3 is 1.56 bits per heavy atom. The summed E-state index contributed by atoms with van der Waals surface area (Å²) >= 11 is 0.